The van der Waals surface area contributed by atoms with Gasteiger partial charge in [0.2, 0.25) is 0 Å². The molecule has 1 atom stereocenters. The SMILES string of the molecule is CNC(=O)c1cnn2c([C@H]3CCN(C(C)C)C3)ccnc12. The van der Waals surface area contributed by atoms with E-state index < -0.39 is 0 Å². The average Bonchev–Trinajstić information content (AvgIpc) is 3.13. The summed E-state index contributed by atoms with van der Waals surface area (Å²) in [6, 6.07) is 2.58. The second-order valence-electron chi connectivity index (χ2n) is 5.82. The highest BCUT2D eigenvalue weighted by atomic mass is 16.1. The Morgan fingerprint density at radius 1 is 1.48 bits per heavy atom. The number of nitrogens with zero attached hydrogens (tertiary/aromatic N) is 4. The molecule has 0 aliphatic carbocycles. The first kappa shape index (κ1) is 14.0. The van der Waals surface area contributed by atoms with Gasteiger partial charge in [-0.1, -0.05) is 0 Å². The quantitative estimate of drug-likeness (QED) is 0.924. The van der Waals surface area contributed by atoms with E-state index in [0.717, 1.165) is 25.2 Å². The molecule has 1 fully saturated rings. The van der Waals surface area contributed by atoms with Gasteiger partial charge in [0, 0.05) is 31.7 Å². The van der Waals surface area contributed by atoms with Gasteiger partial charge in [-0.3, -0.25) is 4.79 Å². The van der Waals surface area contributed by atoms with Gasteiger partial charge in [-0.25, -0.2) is 9.50 Å². The Morgan fingerprint density at radius 3 is 2.95 bits per heavy atom. The van der Waals surface area contributed by atoms with E-state index in [0.29, 0.717) is 23.2 Å². The fourth-order valence-corrected chi connectivity index (χ4v) is 3.01. The number of hydrogen-bond acceptors (Lipinski definition) is 4. The van der Waals surface area contributed by atoms with Gasteiger partial charge in [-0.2, -0.15) is 5.10 Å². The van der Waals surface area contributed by atoms with E-state index in [1.807, 2.05) is 10.6 Å². The number of amides is 1. The second kappa shape index (κ2) is 5.44. The van der Waals surface area contributed by atoms with Gasteiger partial charge in [0.1, 0.15) is 5.56 Å². The fourth-order valence-electron chi connectivity index (χ4n) is 3.01. The van der Waals surface area contributed by atoms with E-state index >= 15 is 0 Å². The summed E-state index contributed by atoms with van der Waals surface area (Å²) in [4.78, 5) is 18.6. The first-order valence-corrected chi connectivity index (χ1v) is 7.40. The molecule has 1 aliphatic rings. The van der Waals surface area contributed by atoms with Crippen molar-refractivity contribution in [3.05, 3.63) is 29.7 Å². The summed E-state index contributed by atoms with van der Waals surface area (Å²) in [7, 11) is 1.62. The number of carbonyl (C=O) groups excluding carboxylic acids is 1. The van der Waals surface area contributed by atoms with Crippen LogP contribution in [0.4, 0.5) is 0 Å². The van der Waals surface area contributed by atoms with E-state index in [9.17, 15) is 4.79 Å². The zero-order valence-electron chi connectivity index (χ0n) is 12.7. The molecule has 112 valence electrons. The predicted octanol–water partition coefficient (Wildman–Crippen LogP) is 1.29. The lowest BCUT2D eigenvalue weighted by molar-refractivity contribution is 0.0964. The van der Waals surface area contributed by atoms with Gasteiger partial charge in [-0.05, 0) is 32.9 Å². The summed E-state index contributed by atoms with van der Waals surface area (Å²) in [6.07, 6.45) is 4.49. The number of rotatable bonds is 3. The van der Waals surface area contributed by atoms with Crippen LogP contribution in [-0.2, 0) is 0 Å². The monoisotopic (exact) mass is 287 g/mol. The van der Waals surface area contributed by atoms with Gasteiger partial charge >= 0.3 is 0 Å². The first-order chi connectivity index (χ1) is 10.1. The zero-order chi connectivity index (χ0) is 15.0. The van der Waals surface area contributed by atoms with E-state index in [1.165, 1.54) is 0 Å². The van der Waals surface area contributed by atoms with E-state index in [-0.39, 0.29) is 5.91 Å². The number of likely N-dealkylation sites (tertiary alicyclic amines) is 1. The maximum absolute atomic E-state index is 11.8. The van der Waals surface area contributed by atoms with Crippen LogP contribution in [0.1, 0.15) is 42.2 Å². The lowest BCUT2D eigenvalue weighted by Crippen LogP contribution is -2.28. The molecule has 1 aliphatic heterocycles. The molecule has 2 aromatic rings. The fraction of sp³-hybridized carbons (Fsp3) is 0.533. The van der Waals surface area contributed by atoms with Crippen LogP contribution in [0.2, 0.25) is 0 Å². The maximum atomic E-state index is 11.8. The summed E-state index contributed by atoms with van der Waals surface area (Å²) in [5.41, 5.74) is 2.30. The van der Waals surface area contributed by atoms with Gasteiger partial charge in [-0.15, -0.1) is 0 Å². The third-order valence-electron chi connectivity index (χ3n) is 4.27. The number of nitrogens with one attached hydrogen (secondary N) is 1. The average molecular weight is 287 g/mol. The van der Waals surface area contributed by atoms with Gasteiger partial charge < -0.3 is 10.2 Å². The molecule has 1 saturated heterocycles. The van der Waals surface area contributed by atoms with Crippen molar-refractivity contribution in [3.8, 4) is 0 Å². The Hall–Kier alpha value is -1.95. The van der Waals surface area contributed by atoms with Crippen molar-refractivity contribution >= 4 is 11.6 Å². The molecule has 0 saturated carbocycles. The van der Waals surface area contributed by atoms with Gasteiger partial charge in [0.05, 0.1) is 11.9 Å². The minimum atomic E-state index is -0.148. The normalized spacial score (nSPS) is 19.5. The molecular formula is C15H21N5O. The summed E-state index contributed by atoms with van der Waals surface area (Å²) in [6.45, 7) is 6.59. The van der Waals surface area contributed by atoms with Crippen LogP contribution in [0.15, 0.2) is 18.5 Å². The van der Waals surface area contributed by atoms with Crippen LogP contribution in [0.25, 0.3) is 5.65 Å². The molecule has 0 unspecified atom stereocenters. The van der Waals surface area contributed by atoms with Gasteiger partial charge in [0.25, 0.3) is 5.91 Å². The molecule has 0 radical (unpaired) electrons. The third kappa shape index (κ3) is 2.40. The maximum Gasteiger partial charge on any atom is 0.256 e. The molecular weight excluding hydrogens is 266 g/mol. The lowest BCUT2D eigenvalue weighted by atomic mass is 10.0. The summed E-state index contributed by atoms with van der Waals surface area (Å²) in [5.74, 6) is 0.292. The number of hydrogen-bond donors (Lipinski definition) is 1. The zero-order valence-corrected chi connectivity index (χ0v) is 12.7. The van der Waals surface area contributed by atoms with Gasteiger partial charge in [0.15, 0.2) is 5.65 Å². The van der Waals surface area contributed by atoms with E-state index in [4.69, 9.17) is 0 Å². The first-order valence-electron chi connectivity index (χ1n) is 7.40. The molecule has 1 amide bonds. The van der Waals surface area contributed by atoms with Crippen LogP contribution in [0.5, 0.6) is 0 Å². The second-order valence-corrected chi connectivity index (χ2v) is 5.82. The Balaban J connectivity index is 1.97. The molecule has 0 spiro atoms. The standard InChI is InChI=1S/C15H21N5O/c1-10(2)19-7-5-11(9-19)13-4-6-17-14-12(15(21)16-3)8-18-20(13)14/h4,6,8,10-11H,5,7,9H2,1-3H3,(H,16,21)/t11-/m0/s1. The predicted molar refractivity (Wildman–Crippen MR) is 80.4 cm³/mol. The van der Waals surface area contributed by atoms with E-state index in [1.54, 1.807) is 19.4 Å². The van der Waals surface area contributed by atoms with Crippen LogP contribution >= 0.6 is 0 Å². The molecule has 6 heteroatoms. The highest BCUT2D eigenvalue weighted by molar-refractivity contribution is 5.99. The number of fused-ring (bicyclic) bond motifs is 1. The molecule has 0 aromatic carbocycles. The van der Waals surface area contributed by atoms with E-state index in [2.05, 4.69) is 34.1 Å². The summed E-state index contributed by atoms with van der Waals surface area (Å²) >= 11 is 0. The molecule has 2 aromatic heterocycles. The van der Waals surface area contributed by atoms with Crippen molar-refractivity contribution in [1.82, 2.24) is 24.8 Å². The molecule has 0 bridgehead atoms. The molecule has 3 heterocycles. The summed E-state index contributed by atoms with van der Waals surface area (Å²) < 4.78 is 1.82. The lowest BCUT2D eigenvalue weighted by Gasteiger charge is -2.20. The van der Waals surface area contributed by atoms with Crippen molar-refractivity contribution in [3.63, 3.8) is 0 Å². The van der Waals surface area contributed by atoms with Crippen LogP contribution in [0, 0.1) is 0 Å². The summed E-state index contributed by atoms with van der Waals surface area (Å²) in [5, 5.41) is 7.01. The largest absolute Gasteiger partial charge is 0.355 e. The Kier molecular flexibility index (Phi) is 3.63. The Morgan fingerprint density at radius 2 is 2.29 bits per heavy atom. The topological polar surface area (TPSA) is 62.5 Å². The highest BCUT2D eigenvalue weighted by Crippen LogP contribution is 2.28. The number of aromatic nitrogens is 3. The van der Waals surface area contributed by atoms with Crippen LogP contribution in [-0.4, -0.2) is 51.6 Å². The third-order valence-corrected chi connectivity index (χ3v) is 4.27. The molecule has 21 heavy (non-hydrogen) atoms. The van der Waals surface area contributed by atoms with Crippen molar-refractivity contribution in [2.24, 2.45) is 0 Å². The minimum absolute atomic E-state index is 0.148. The molecule has 3 rings (SSSR count). The van der Waals surface area contributed by atoms with Crippen LogP contribution < -0.4 is 5.32 Å². The number of carbonyl (C=O) groups is 1. The van der Waals surface area contributed by atoms with Crippen molar-refractivity contribution in [1.29, 1.82) is 0 Å². The molecule has 1 N–H and O–H groups in total. The Labute approximate surface area is 124 Å². The van der Waals surface area contributed by atoms with Crippen molar-refractivity contribution in [2.45, 2.75) is 32.2 Å². The van der Waals surface area contributed by atoms with Crippen molar-refractivity contribution < 1.29 is 4.79 Å². The smallest absolute Gasteiger partial charge is 0.256 e. The molecule has 6 nitrogen and oxygen atoms in total. The van der Waals surface area contributed by atoms with Crippen molar-refractivity contribution in [2.75, 3.05) is 20.1 Å². The highest BCUT2D eigenvalue weighted by Gasteiger charge is 2.28. The minimum Gasteiger partial charge on any atom is -0.355 e. The Bertz CT molecular complexity index is 663. The van der Waals surface area contributed by atoms with Crippen LogP contribution in [0.3, 0.4) is 0 Å².